The third-order valence-corrected chi connectivity index (χ3v) is 9.39. The van der Waals surface area contributed by atoms with E-state index in [1.807, 2.05) is 18.2 Å². The number of rotatable bonds is 4. The largest absolute Gasteiger partial charge is 0.493 e. The molecule has 0 N–H and O–H groups in total. The Morgan fingerprint density at radius 3 is 2.90 bits per heavy atom. The van der Waals surface area contributed by atoms with Crippen LogP contribution in [0.3, 0.4) is 0 Å². The van der Waals surface area contributed by atoms with Crippen LogP contribution >= 0.6 is 0 Å². The van der Waals surface area contributed by atoms with Crippen molar-refractivity contribution in [2.24, 2.45) is 5.92 Å². The number of benzene rings is 1. The van der Waals surface area contributed by atoms with Crippen LogP contribution in [-0.4, -0.2) is 54.1 Å². The third-order valence-electron chi connectivity index (χ3n) is 7.01. The molecule has 2 aromatic rings. The second-order valence-corrected chi connectivity index (χ2v) is 10.9. The summed E-state index contributed by atoms with van der Waals surface area (Å²) in [5.74, 6) is 1.21. The van der Waals surface area contributed by atoms with Gasteiger partial charge in [0, 0.05) is 31.7 Å². The Kier molecular flexibility index (Phi) is 5.29. The SMILES string of the molecule is CC(c1ccc2c(c1)OCC2)N1CCC2CN(Cc3ccccn3)S(=O)(=O)C2CC1. The standard InChI is InChI=1S/C23H29N3O3S/c1-17(19-6-5-18-9-13-29-22(18)14-19)25-11-7-20-15-26(16-21-4-2-3-10-24-21)30(27,28)23(20)8-12-25/h2-6,10,14,17,20,23H,7-9,11-13,15-16H2,1H3. The van der Waals surface area contributed by atoms with Crippen LogP contribution in [0.1, 0.15) is 42.6 Å². The summed E-state index contributed by atoms with van der Waals surface area (Å²) >= 11 is 0. The Hall–Kier alpha value is -1.96. The molecule has 1 aromatic carbocycles. The zero-order valence-corrected chi connectivity index (χ0v) is 18.2. The Bertz CT molecular complexity index is 1010. The molecule has 3 aliphatic heterocycles. The van der Waals surface area contributed by atoms with Crippen molar-refractivity contribution in [1.82, 2.24) is 14.2 Å². The van der Waals surface area contributed by atoms with Gasteiger partial charge >= 0.3 is 0 Å². The van der Waals surface area contributed by atoms with Crippen molar-refractivity contribution in [3.05, 3.63) is 59.4 Å². The second-order valence-electron chi connectivity index (χ2n) is 8.71. The lowest BCUT2D eigenvalue weighted by molar-refractivity contribution is 0.213. The van der Waals surface area contributed by atoms with Gasteiger partial charge < -0.3 is 4.74 Å². The van der Waals surface area contributed by atoms with Crippen molar-refractivity contribution < 1.29 is 13.2 Å². The highest BCUT2D eigenvalue weighted by atomic mass is 32.2. The molecule has 3 atom stereocenters. The van der Waals surface area contributed by atoms with Gasteiger partial charge in [-0.3, -0.25) is 9.88 Å². The minimum absolute atomic E-state index is 0.194. The molecule has 0 radical (unpaired) electrons. The number of aromatic nitrogens is 1. The van der Waals surface area contributed by atoms with E-state index in [9.17, 15) is 8.42 Å². The van der Waals surface area contributed by atoms with Crippen LogP contribution < -0.4 is 4.74 Å². The molecule has 3 unspecified atom stereocenters. The van der Waals surface area contributed by atoms with E-state index in [0.717, 1.165) is 44.0 Å². The van der Waals surface area contributed by atoms with Crippen molar-refractivity contribution in [3.8, 4) is 5.75 Å². The van der Waals surface area contributed by atoms with E-state index in [4.69, 9.17) is 4.74 Å². The molecule has 0 amide bonds. The van der Waals surface area contributed by atoms with Gasteiger partial charge in [0.1, 0.15) is 5.75 Å². The summed E-state index contributed by atoms with van der Waals surface area (Å²) in [7, 11) is -3.28. The van der Waals surface area contributed by atoms with E-state index < -0.39 is 10.0 Å². The van der Waals surface area contributed by atoms with Crippen molar-refractivity contribution in [1.29, 1.82) is 0 Å². The molecule has 0 aliphatic carbocycles. The fraction of sp³-hybridized carbons (Fsp3) is 0.522. The molecule has 30 heavy (non-hydrogen) atoms. The molecule has 2 saturated heterocycles. The molecule has 2 fully saturated rings. The van der Waals surface area contributed by atoms with Gasteiger partial charge in [0.25, 0.3) is 0 Å². The topological polar surface area (TPSA) is 62.7 Å². The average molecular weight is 428 g/mol. The average Bonchev–Trinajstić information content (AvgIpc) is 3.22. The molecule has 3 aliphatic rings. The number of pyridine rings is 1. The van der Waals surface area contributed by atoms with Gasteiger partial charge in [0.15, 0.2) is 0 Å². The summed E-state index contributed by atoms with van der Waals surface area (Å²) in [6, 6.07) is 12.5. The lowest BCUT2D eigenvalue weighted by Crippen LogP contribution is -2.33. The molecular weight excluding hydrogens is 398 g/mol. The lowest BCUT2D eigenvalue weighted by Gasteiger charge is -2.29. The third kappa shape index (κ3) is 3.63. The van der Waals surface area contributed by atoms with Gasteiger partial charge in [-0.1, -0.05) is 18.2 Å². The first-order valence-electron chi connectivity index (χ1n) is 10.9. The normalized spacial score (nSPS) is 27.1. The molecule has 0 saturated carbocycles. The molecule has 5 rings (SSSR count). The summed E-state index contributed by atoms with van der Waals surface area (Å²) in [5.41, 5.74) is 3.35. The van der Waals surface area contributed by atoms with Crippen molar-refractivity contribution >= 4 is 10.0 Å². The Balaban J connectivity index is 1.28. The molecule has 0 spiro atoms. The number of likely N-dealkylation sites (tertiary alicyclic amines) is 1. The molecule has 160 valence electrons. The minimum Gasteiger partial charge on any atom is -0.493 e. The quantitative estimate of drug-likeness (QED) is 0.751. The fourth-order valence-electron chi connectivity index (χ4n) is 5.18. The molecule has 1 aromatic heterocycles. The summed E-state index contributed by atoms with van der Waals surface area (Å²) in [6.45, 7) is 5.71. The fourth-order valence-corrected chi connectivity index (χ4v) is 7.39. The summed E-state index contributed by atoms with van der Waals surface area (Å²) in [6.07, 6.45) is 4.31. The van der Waals surface area contributed by atoms with Gasteiger partial charge in [-0.15, -0.1) is 0 Å². The maximum Gasteiger partial charge on any atom is 0.217 e. The predicted octanol–water partition coefficient (Wildman–Crippen LogP) is 3.00. The van der Waals surface area contributed by atoms with Crippen LogP contribution in [0.15, 0.2) is 42.6 Å². The first kappa shape index (κ1) is 20.0. The molecule has 0 bridgehead atoms. The van der Waals surface area contributed by atoms with Crippen LogP contribution in [0.5, 0.6) is 5.75 Å². The molecule has 6 nitrogen and oxygen atoms in total. The zero-order chi connectivity index (χ0) is 20.7. The van der Waals surface area contributed by atoms with Crippen LogP contribution in [0, 0.1) is 5.92 Å². The van der Waals surface area contributed by atoms with E-state index in [1.165, 1.54) is 11.1 Å². The highest BCUT2D eigenvalue weighted by Crippen LogP contribution is 2.37. The predicted molar refractivity (Wildman–Crippen MR) is 116 cm³/mol. The van der Waals surface area contributed by atoms with Gasteiger partial charge in [-0.2, -0.15) is 4.31 Å². The van der Waals surface area contributed by atoms with Crippen molar-refractivity contribution in [2.45, 2.75) is 44.0 Å². The number of nitrogens with zero attached hydrogens (tertiary/aromatic N) is 3. The highest BCUT2D eigenvalue weighted by molar-refractivity contribution is 7.90. The van der Waals surface area contributed by atoms with E-state index in [1.54, 1.807) is 10.5 Å². The van der Waals surface area contributed by atoms with E-state index >= 15 is 0 Å². The Morgan fingerprint density at radius 2 is 2.07 bits per heavy atom. The van der Waals surface area contributed by atoms with Gasteiger partial charge in [0.05, 0.1) is 24.1 Å². The van der Waals surface area contributed by atoms with Crippen LogP contribution in [0.2, 0.25) is 0 Å². The highest BCUT2D eigenvalue weighted by Gasteiger charge is 2.47. The maximum absolute atomic E-state index is 13.2. The van der Waals surface area contributed by atoms with Gasteiger partial charge in [0.2, 0.25) is 10.0 Å². The van der Waals surface area contributed by atoms with Gasteiger partial charge in [-0.05, 0) is 61.6 Å². The zero-order valence-electron chi connectivity index (χ0n) is 17.4. The monoisotopic (exact) mass is 427 g/mol. The lowest BCUT2D eigenvalue weighted by atomic mass is 10.0. The van der Waals surface area contributed by atoms with E-state index in [-0.39, 0.29) is 17.2 Å². The molecule has 7 heteroatoms. The van der Waals surface area contributed by atoms with Crippen LogP contribution in [0.25, 0.3) is 0 Å². The Morgan fingerprint density at radius 1 is 1.20 bits per heavy atom. The number of hydrogen-bond donors (Lipinski definition) is 0. The number of sulfonamides is 1. The summed E-state index contributed by atoms with van der Waals surface area (Å²) in [5, 5.41) is -0.276. The molecular formula is C23H29N3O3S. The maximum atomic E-state index is 13.2. The van der Waals surface area contributed by atoms with Crippen LogP contribution in [0.4, 0.5) is 0 Å². The smallest absolute Gasteiger partial charge is 0.217 e. The van der Waals surface area contributed by atoms with Gasteiger partial charge in [-0.25, -0.2) is 8.42 Å². The second kappa shape index (κ2) is 7.94. The molecule has 4 heterocycles. The van der Waals surface area contributed by atoms with Crippen LogP contribution in [-0.2, 0) is 23.0 Å². The number of hydrogen-bond acceptors (Lipinski definition) is 5. The van der Waals surface area contributed by atoms with E-state index in [2.05, 4.69) is 35.0 Å². The van der Waals surface area contributed by atoms with Crippen molar-refractivity contribution in [2.75, 3.05) is 26.2 Å². The summed E-state index contributed by atoms with van der Waals surface area (Å²) < 4.78 is 33.8. The van der Waals surface area contributed by atoms with E-state index in [0.29, 0.717) is 19.5 Å². The number of fused-ring (bicyclic) bond motifs is 2. The number of ether oxygens (including phenoxy) is 1. The minimum atomic E-state index is -3.28. The first-order chi connectivity index (χ1) is 14.5. The van der Waals surface area contributed by atoms with Crippen molar-refractivity contribution in [3.63, 3.8) is 0 Å². The Labute approximate surface area is 178 Å². The first-order valence-corrected chi connectivity index (χ1v) is 12.4. The summed E-state index contributed by atoms with van der Waals surface area (Å²) in [4.78, 5) is 6.75.